The molecule has 0 amide bonds. The summed E-state index contributed by atoms with van der Waals surface area (Å²) in [5.41, 5.74) is 1.00. The number of hydrogen-bond donors (Lipinski definition) is 1. The normalized spacial score (nSPS) is 12.8. The zero-order valence-corrected chi connectivity index (χ0v) is 8.66. The first-order valence-corrected chi connectivity index (χ1v) is 5.05. The van der Waals surface area contributed by atoms with Crippen LogP contribution in [0.25, 0.3) is 0 Å². The van der Waals surface area contributed by atoms with Gasteiger partial charge in [0.2, 0.25) is 0 Å². The molecule has 0 heterocycles. The van der Waals surface area contributed by atoms with Gasteiger partial charge in [0.25, 0.3) is 0 Å². The van der Waals surface area contributed by atoms with Crippen LogP contribution >= 0.6 is 24.9 Å². The van der Waals surface area contributed by atoms with Crippen LogP contribution in [-0.4, -0.2) is 4.89 Å². The maximum atomic E-state index is 8.89. The molecule has 0 aliphatic rings. The third-order valence-corrected chi connectivity index (χ3v) is 2.45. The van der Waals surface area contributed by atoms with Crippen molar-refractivity contribution in [3.05, 3.63) is 35.9 Å². The van der Waals surface area contributed by atoms with Gasteiger partial charge in [-0.2, -0.15) is 0 Å². The molecule has 1 unspecified atom stereocenters. The quantitative estimate of drug-likeness (QED) is 0.836. The lowest BCUT2D eigenvalue weighted by atomic mass is 10.2. The Morgan fingerprint density at radius 1 is 1.33 bits per heavy atom. The molecular formula is C7H8BrO3P. The second-order valence-electron chi connectivity index (χ2n) is 2.07. The molecule has 1 atom stereocenters. The number of halogens is 1. The van der Waals surface area contributed by atoms with Crippen LogP contribution in [0.3, 0.4) is 0 Å². The summed E-state index contributed by atoms with van der Waals surface area (Å²) in [6.07, 6.45) is 0. The highest BCUT2D eigenvalue weighted by Crippen LogP contribution is 2.36. The lowest BCUT2D eigenvalue weighted by molar-refractivity contribution is 0.262. The summed E-state index contributed by atoms with van der Waals surface area (Å²) < 4.78 is 9.31. The largest absolute Gasteiger partial charge is 0.342 e. The number of benzene rings is 1. The van der Waals surface area contributed by atoms with Crippen molar-refractivity contribution in [2.24, 2.45) is 0 Å². The smallest absolute Gasteiger partial charge is 0.327 e. The van der Waals surface area contributed by atoms with E-state index >= 15 is 0 Å². The molecule has 1 rings (SSSR count). The van der Waals surface area contributed by atoms with Crippen LogP contribution in [0.15, 0.2) is 30.3 Å². The highest BCUT2D eigenvalue weighted by atomic mass is 79.9. The van der Waals surface area contributed by atoms with Crippen molar-refractivity contribution >= 4 is 24.9 Å². The standard InChI is InChI=1S/C7H8BrO3P/c8-11-12(9)10-6-7-4-2-1-3-5-7/h1-5,9H,6H2. The molecule has 3 nitrogen and oxygen atoms in total. The number of hydrogen-bond acceptors (Lipinski definition) is 3. The van der Waals surface area contributed by atoms with E-state index in [-0.39, 0.29) is 0 Å². The van der Waals surface area contributed by atoms with Gasteiger partial charge in [-0.1, -0.05) is 30.3 Å². The van der Waals surface area contributed by atoms with Gasteiger partial charge >= 0.3 is 8.60 Å². The minimum absolute atomic E-state index is 0.356. The molecule has 0 radical (unpaired) electrons. The van der Waals surface area contributed by atoms with Crippen molar-refractivity contribution < 1.29 is 13.0 Å². The van der Waals surface area contributed by atoms with Gasteiger partial charge in [-0.05, 0) is 5.56 Å². The summed E-state index contributed by atoms with van der Waals surface area (Å²) in [6, 6.07) is 9.57. The highest BCUT2D eigenvalue weighted by Gasteiger charge is 2.03. The molecule has 1 N–H and O–H groups in total. The Hall–Kier alpha value is 0.0100. The van der Waals surface area contributed by atoms with Gasteiger partial charge in [-0.25, -0.2) is 3.62 Å². The van der Waals surface area contributed by atoms with E-state index in [0.717, 1.165) is 5.56 Å². The predicted octanol–water partition coefficient (Wildman–Crippen LogP) is 2.75. The molecule has 0 aliphatic carbocycles. The highest BCUT2D eigenvalue weighted by molar-refractivity contribution is 9.06. The fourth-order valence-corrected chi connectivity index (χ4v) is 1.27. The first-order valence-electron chi connectivity index (χ1n) is 3.27. The van der Waals surface area contributed by atoms with E-state index in [0.29, 0.717) is 6.61 Å². The Morgan fingerprint density at radius 2 is 2.00 bits per heavy atom. The first kappa shape index (κ1) is 10.1. The van der Waals surface area contributed by atoms with Gasteiger partial charge in [-0.3, -0.25) is 0 Å². The van der Waals surface area contributed by atoms with Crippen LogP contribution in [0.5, 0.6) is 0 Å². The maximum absolute atomic E-state index is 8.89. The van der Waals surface area contributed by atoms with Gasteiger partial charge in [-0.15, -0.1) is 0 Å². The fourth-order valence-electron chi connectivity index (χ4n) is 0.724. The average Bonchev–Trinajstić information content (AvgIpc) is 2.16. The second kappa shape index (κ2) is 5.62. The molecule has 0 saturated heterocycles. The van der Waals surface area contributed by atoms with Crippen LogP contribution in [0.4, 0.5) is 0 Å². The SMILES string of the molecule is OP(OBr)OCc1ccccc1. The monoisotopic (exact) mass is 250 g/mol. The van der Waals surface area contributed by atoms with Gasteiger partial charge < -0.3 is 9.42 Å². The molecular weight excluding hydrogens is 243 g/mol. The molecule has 66 valence electrons. The van der Waals surface area contributed by atoms with Crippen molar-refractivity contribution in [2.75, 3.05) is 0 Å². The van der Waals surface area contributed by atoms with E-state index in [2.05, 4.69) is 19.9 Å². The van der Waals surface area contributed by atoms with Crippen LogP contribution in [0.2, 0.25) is 0 Å². The number of rotatable bonds is 4. The van der Waals surface area contributed by atoms with E-state index in [1.807, 2.05) is 30.3 Å². The second-order valence-corrected chi connectivity index (χ2v) is 3.81. The molecule has 12 heavy (non-hydrogen) atoms. The minimum Gasteiger partial charge on any atom is -0.327 e. The molecule has 0 aliphatic heterocycles. The molecule has 0 aromatic heterocycles. The molecule has 0 spiro atoms. The Labute approximate surface area is 80.8 Å². The van der Waals surface area contributed by atoms with Gasteiger partial charge in [0.1, 0.15) is 16.3 Å². The average molecular weight is 251 g/mol. The Balaban J connectivity index is 2.33. The first-order chi connectivity index (χ1) is 5.83. The lowest BCUT2D eigenvalue weighted by Gasteiger charge is -2.05. The van der Waals surface area contributed by atoms with E-state index in [9.17, 15) is 0 Å². The van der Waals surface area contributed by atoms with Crippen molar-refractivity contribution in [3.63, 3.8) is 0 Å². The van der Waals surface area contributed by atoms with E-state index in [1.54, 1.807) is 0 Å². The topological polar surface area (TPSA) is 38.7 Å². The summed E-state index contributed by atoms with van der Waals surface area (Å²) in [5, 5.41) is 0. The predicted molar refractivity (Wildman–Crippen MR) is 50.4 cm³/mol. The molecule has 0 saturated carbocycles. The molecule has 1 aromatic rings. The van der Waals surface area contributed by atoms with Crippen LogP contribution in [0.1, 0.15) is 5.56 Å². The summed E-state index contributed by atoms with van der Waals surface area (Å²) in [7, 11) is -1.79. The maximum Gasteiger partial charge on any atom is 0.342 e. The minimum atomic E-state index is -1.79. The van der Waals surface area contributed by atoms with Gasteiger partial charge in [0.05, 0.1) is 6.61 Å². The van der Waals surface area contributed by atoms with E-state index < -0.39 is 8.60 Å². The van der Waals surface area contributed by atoms with E-state index in [4.69, 9.17) is 9.42 Å². The molecule has 5 heteroatoms. The third kappa shape index (κ3) is 3.61. The van der Waals surface area contributed by atoms with Crippen LogP contribution in [0, 0.1) is 0 Å². The Kier molecular flexibility index (Phi) is 4.73. The third-order valence-electron chi connectivity index (χ3n) is 1.24. The van der Waals surface area contributed by atoms with Crippen LogP contribution < -0.4 is 0 Å². The molecule has 0 bridgehead atoms. The van der Waals surface area contributed by atoms with Gasteiger partial charge in [0.15, 0.2) is 0 Å². The lowest BCUT2D eigenvalue weighted by Crippen LogP contribution is -1.86. The van der Waals surface area contributed by atoms with Crippen molar-refractivity contribution in [3.8, 4) is 0 Å². The summed E-state index contributed by atoms with van der Waals surface area (Å²) in [6.45, 7) is 0.356. The van der Waals surface area contributed by atoms with Crippen molar-refractivity contribution in [1.82, 2.24) is 0 Å². The van der Waals surface area contributed by atoms with Crippen LogP contribution in [-0.2, 0) is 14.7 Å². The zero-order valence-electron chi connectivity index (χ0n) is 6.18. The Bertz CT molecular complexity index is 219. The summed E-state index contributed by atoms with van der Waals surface area (Å²) in [5.74, 6) is 0. The van der Waals surface area contributed by atoms with Crippen molar-refractivity contribution in [1.29, 1.82) is 0 Å². The molecule has 0 fully saturated rings. The Morgan fingerprint density at radius 3 is 2.58 bits per heavy atom. The van der Waals surface area contributed by atoms with Crippen molar-refractivity contribution in [2.45, 2.75) is 6.61 Å². The zero-order chi connectivity index (χ0) is 8.81. The fraction of sp³-hybridized carbons (Fsp3) is 0.143. The van der Waals surface area contributed by atoms with E-state index in [1.165, 1.54) is 0 Å². The van der Waals surface area contributed by atoms with Gasteiger partial charge in [0, 0.05) is 0 Å². The summed E-state index contributed by atoms with van der Waals surface area (Å²) in [4.78, 5) is 8.89. The summed E-state index contributed by atoms with van der Waals surface area (Å²) >= 11 is 2.64. The molecule has 1 aromatic carbocycles.